The van der Waals surface area contributed by atoms with Gasteiger partial charge >= 0.3 is 0 Å². The van der Waals surface area contributed by atoms with Crippen LogP contribution in [-0.4, -0.2) is 22.0 Å². The van der Waals surface area contributed by atoms with Crippen molar-refractivity contribution in [3.05, 3.63) is 29.3 Å². The van der Waals surface area contributed by atoms with Crippen LogP contribution in [0.2, 0.25) is 0 Å². The predicted molar refractivity (Wildman–Crippen MR) is 82.0 cm³/mol. The van der Waals surface area contributed by atoms with E-state index in [0.717, 1.165) is 24.3 Å². The fourth-order valence-electron chi connectivity index (χ4n) is 2.70. The number of benzene rings is 1. The molecule has 0 aliphatic heterocycles. The third-order valence-electron chi connectivity index (χ3n) is 4.08. The Morgan fingerprint density at radius 2 is 2.05 bits per heavy atom. The molecule has 3 heteroatoms. The van der Waals surface area contributed by atoms with Gasteiger partial charge in [0.25, 0.3) is 0 Å². The summed E-state index contributed by atoms with van der Waals surface area (Å²) >= 11 is 0. The number of aryl methyl sites for hydroxylation is 2. The van der Waals surface area contributed by atoms with Crippen LogP contribution in [0, 0.1) is 13.8 Å². The highest BCUT2D eigenvalue weighted by Crippen LogP contribution is 2.28. The van der Waals surface area contributed by atoms with E-state index in [0.29, 0.717) is 11.3 Å². The molecule has 3 atom stereocenters. The molecular formula is C16H25NOS. The minimum atomic E-state index is -0.844. The summed E-state index contributed by atoms with van der Waals surface area (Å²) in [6, 6.07) is 6.79. The summed E-state index contributed by atoms with van der Waals surface area (Å²) in [4.78, 5) is 1.00. The maximum absolute atomic E-state index is 12.6. The predicted octanol–water partition coefficient (Wildman–Crippen LogP) is 3.33. The van der Waals surface area contributed by atoms with Gasteiger partial charge < -0.3 is 5.32 Å². The van der Waals surface area contributed by atoms with Crippen molar-refractivity contribution in [1.82, 2.24) is 5.32 Å². The van der Waals surface area contributed by atoms with Gasteiger partial charge in [0.2, 0.25) is 0 Å². The zero-order valence-electron chi connectivity index (χ0n) is 12.2. The van der Waals surface area contributed by atoms with Crippen LogP contribution >= 0.6 is 0 Å². The number of rotatable bonds is 5. The second-order valence-electron chi connectivity index (χ2n) is 5.63. The third kappa shape index (κ3) is 3.67. The standard InChI is InChI=1S/C16H25NOS/c1-4-9-17-14-6-8-16(11-14)19(18)15-7-5-12(2)13(3)10-15/h5,7,10,14,16-17H,4,6,8-9,11H2,1-3H3. The summed E-state index contributed by atoms with van der Waals surface area (Å²) in [7, 11) is -0.844. The molecule has 106 valence electrons. The first-order valence-electron chi connectivity index (χ1n) is 7.33. The van der Waals surface area contributed by atoms with Crippen LogP contribution in [0.15, 0.2) is 23.1 Å². The smallest absolute Gasteiger partial charge is 0.0561 e. The monoisotopic (exact) mass is 279 g/mol. The van der Waals surface area contributed by atoms with Crippen LogP contribution in [0.25, 0.3) is 0 Å². The zero-order chi connectivity index (χ0) is 13.8. The second-order valence-corrected chi connectivity index (χ2v) is 7.36. The summed E-state index contributed by atoms with van der Waals surface area (Å²) in [5.74, 6) is 0. The molecule has 0 spiro atoms. The first-order chi connectivity index (χ1) is 9.11. The van der Waals surface area contributed by atoms with Crippen molar-refractivity contribution in [3.8, 4) is 0 Å². The highest BCUT2D eigenvalue weighted by atomic mass is 32.2. The van der Waals surface area contributed by atoms with Gasteiger partial charge in [0, 0.05) is 16.2 Å². The Morgan fingerprint density at radius 1 is 1.26 bits per heavy atom. The molecule has 1 saturated carbocycles. The van der Waals surface area contributed by atoms with E-state index >= 15 is 0 Å². The maximum Gasteiger partial charge on any atom is 0.0561 e. The van der Waals surface area contributed by atoms with Gasteiger partial charge in [0.05, 0.1) is 10.8 Å². The van der Waals surface area contributed by atoms with E-state index in [-0.39, 0.29) is 0 Å². The Hall–Kier alpha value is -0.670. The fourth-order valence-corrected chi connectivity index (χ4v) is 4.34. The van der Waals surface area contributed by atoms with Crippen LogP contribution < -0.4 is 5.32 Å². The lowest BCUT2D eigenvalue weighted by molar-refractivity contribution is 0.523. The summed E-state index contributed by atoms with van der Waals surface area (Å²) < 4.78 is 12.6. The highest BCUT2D eigenvalue weighted by Gasteiger charge is 2.29. The van der Waals surface area contributed by atoms with Crippen molar-refractivity contribution in [1.29, 1.82) is 0 Å². The molecule has 0 amide bonds. The molecular weight excluding hydrogens is 254 g/mol. The molecule has 1 aromatic carbocycles. The van der Waals surface area contributed by atoms with Crippen LogP contribution in [-0.2, 0) is 10.8 Å². The fraction of sp³-hybridized carbons (Fsp3) is 0.625. The Morgan fingerprint density at radius 3 is 2.74 bits per heavy atom. The Bertz CT molecular complexity index is 458. The summed E-state index contributed by atoms with van der Waals surface area (Å²) in [6.07, 6.45) is 4.48. The molecule has 1 N–H and O–H groups in total. The van der Waals surface area contributed by atoms with Gasteiger partial charge in [-0.3, -0.25) is 4.21 Å². The molecule has 0 saturated heterocycles. The van der Waals surface area contributed by atoms with Crippen molar-refractivity contribution in [2.75, 3.05) is 6.54 Å². The van der Waals surface area contributed by atoms with E-state index in [1.807, 2.05) is 6.07 Å². The summed E-state index contributed by atoms with van der Waals surface area (Å²) in [6.45, 7) is 7.46. The van der Waals surface area contributed by atoms with E-state index in [1.54, 1.807) is 0 Å². The van der Waals surface area contributed by atoms with E-state index in [1.165, 1.54) is 24.0 Å². The molecule has 1 aromatic rings. The second kappa shape index (κ2) is 6.67. The Labute approximate surface area is 119 Å². The molecule has 0 bridgehead atoms. The SMILES string of the molecule is CCCNC1CCC(S(=O)c2ccc(C)c(C)c2)C1. The summed E-state index contributed by atoms with van der Waals surface area (Å²) in [5, 5.41) is 3.88. The first-order valence-corrected chi connectivity index (χ1v) is 8.54. The quantitative estimate of drug-likeness (QED) is 0.895. The van der Waals surface area contributed by atoms with Gasteiger partial charge in [-0.05, 0) is 69.3 Å². The van der Waals surface area contributed by atoms with E-state index < -0.39 is 10.8 Å². The molecule has 1 fully saturated rings. The van der Waals surface area contributed by atoms with Crippen molar-refractivity contribution >= 4 is 10.8 Å². The normalized spacial score (nSPS) is 24.6. The van der Waals surface area contributed by atoms with E-state index in [9.17, 15) is 4.21 Å². The average Bonchev–Trinajstić information content (AvgIpc) is 2.87. The van der Waals surface area contributed by atoms with E-state index in [4.69, 9.17) is 0 Å². The maximum atomic E-state index is 12.6. The molecule has 2 rings (SSSR count). The number of nitrogens with one attached hydrogen (secondary N) is 1. The largest absolute Gasteiger partial charge is 0.314 e. The van der Waals surface area contributed by atoms with Crippen LogP contribution in [0.4, 0.5) is 0 Å². The number of hydrogen-bond donors (Lipinski definition) is 1. The molecule has 0 heterocycles. The molecule has 0 radical (unpaired) electrons. The van der Waals surface area contributed by atoms with Crippen molar-refractivity contribution in [3.63, 3.8) is 0 Å². The zero-order valence-corrected chi connectivity index (χ0v) is 13.1. The van der Waals surface area contributed by atoms with Gasteiger partial charge in [-0.2, -0.15) is 0 Å². The lowest BCUT2D eigenvalue weighted by Crippen LogP contribution is -2.28. The highest BCUT2D eigenvalue weighted by molar-refractivity contribution is 7.85. The lowest BCUT2D eigenvalue weighted by atomic mass is 10.1. The molecule has 1 aliphatic rings. The summed E-state index contributed by atoms with van der Waals surface area (Å²) in [5.41, 5.74) is 2.51. The Kier molecular flexibility index (Phi) is 5.17. The van der Waals surface area contributed by atoms with Gasteiger partial charge in [-0.15, -0.1) is 0 Å². The van der Waals surface area contributed by atoms with Crippen molar-refractivity contribution in [2.45, 2.75) is 62.6 Å². The molecule has 19 heavy (non-hydrogen) atoms. The van der Waals surface area contributed by atoms with Gasteiger partial charge in [0.15, 0.2) is 0 Å². The minimum absolute atomic E-state index is 0.330. The third-order valence-corrected chi connectivity index (χ3v) is 5.83. The van der Waals surface area contributed by atoms with E-state index in [2.05, 4.69) is 38.2 Å². The van der Waals surface area contributed by atoms with Crippen molar-refractivity contribution in [2.24, 2.45) is 0 Å². The molecule has 3 unspecified atom stereocenters. The topological polar surface area (TPSA) is 29.1 Å². The van der Waals surface area contributed by atoms with Gasteiger partial charge in [-0.25, -0.2) is 0 Å². The first kappa shape index (κ1) is 14.7. The van der Waals surface area contributed by atoms with Gasteiger partial charge in [0.1, 0.15) is 0 Å². The minimum Gasteiger partial charge on any atom is -0.314 e. The lowest BCUT2D eigenvalue weighted by Gasteiger charge is -2.13. The van der Waals surface area contributed by atoms with Gasteiger partial charge in [-0.1, -0.05) is 13.0 Å². The number of hydrogen-bond acceptors (Lipinski definition) is 2. The molecule has 1 aliphatic carbocycles. The Balaban J connectivity index is 1.99. The van der Waals surface area contributed by atoms with Crippen molar-refractivity contribution < 1.29 is 4.21 Å². The average molecular weight is 279 g/mol. The van der Waals surface area contributed by atoms with Crippen LogP contribution in [0.3, 0.4) is 0 Å². The van der Waals surface area contributed by atoms with Crippen LogP contribution in [0.5, 0.6) is 0 Å². The molecule has 2 nitrogen and oxygen atoms in total. The van der Waals surface area contributed by atoms with Crippen LogP contribution in [0.1, 0.15) is 43.7 Å². The molecule has 0 aromatic heterocycles.